The van der Waals surface area contributed by atoms with Crippen LogP contribution in [0.25, 0.3) is 0 Å². The Morgan fingerprint density at radius 3 is 2.16 bits per heavy atom. The summed E-state index contributed by atoms with van der Waals surface area (Å²) in [6.45, 7) is 2.01. The van der Waals surface area contributed by atoms with Crippen LogP contribution in [0.15, 0.2) is 12.3 Å². The topological polar surface area (TPSA) is 38.0 Å². The van der Waals surface area contributed by atoms with Crippen molar-refractivity contribution in [2.45, 2.75) is 83.3 Å². The molecule has 1 aromatic rings. The van der Waals surface area contributed by atoms with Gasteiger partial charge in [0, 0.05) is 6.20 Å². The first-order valence-corrected chi connectivity index (χ1v) is 7.97. The largest absolute Gasteiger partial charge is 0.391 e. The molecule has 0 bridgehead atoms. The summed E-state index contributed by atoms with van der Waals surface area (Å²) in [5.74, 6) is 0. The van der Waals surface area contributed by atoms with E-state index in [1.165, 1.54) is 44.9 Å². The second-order valence-corrected chi connectivity index (χ2v) is 5.98. The summed E-state index contributed by atoms with van der Waals surface area (Å²) < 4.78 is 1.99. The molecule has 108 valence electrons. The number of rotatable bonds is 1. The lowest BCUT2D eigenvalue weighted by molar-refractivity contribution is 0.0875. The second kappa shape index (κ2) is 7.68. The molecule has 2 unspecified atom stereocenters. The van der Waals surface area contributed by atoms with E-state index in [1.54, 1.807) is 0 Å². The van der Waals surface area contributed by atoms with Crippen LogP contribution in [0.5, 0.6) is 0 Å². The fourth-order valence-electron chi connectivity index (χ4n) is 3.08. The third-order valence-electron chi connectivity index (χ3n) is 4.28. The van der Waals surface area contributed by atoms with E-state index in [0.717, 1.165) is 25.0 Å². The van der Waals surface area contributed by atoms with Gasteiger partial charge < -0.3 is 5.11 Å². The Morgan fingerprint density at radius 2 is 1.58 bits per heavy atom. The molecule has 1 heterocycles. The zero-order valence-electron chi connectivity index (χ0n) is 12.2. The van der Waals surface area contributed by atoms with Crippen LogP contribution < -0.4 is 0 Å². The Morgan fingerprint density at radius 1 is 1.00 bits per heavy atom. The minimum Gasteiger partial charge on any atom is -0.391 e. The van der Waals surface area contributed by atoms with E-state index in [1.807, 2.05) is 23.9 Å². The van der Waals surface area contributed by atoms with Crippen LogP contribution >= 0.6 is 0 Å². The zero-order chi connectivity index (χ0) is 13.5. The van der Waals surface area contributed by atoms with Crippen LogP contribution in [0.3, 0.4) is 0 Å². The predicted molar refractivity (Wildman–Crippen MR) is 78.2 cm³/mol. The number of hydrogen-bond acceptors (Lipinski definition) is 2. The van der Waals surface area contributed by atoms with Gasteiger partial charge in [0.2, 0.25) is 0 Å². The summed E-state index contributed by atoms with van der Waals surface area (Å²) in [4.78, 5) is 0. The summed E-state index contributed by atoms with van der Waals surface area (Å²) in [6.07, 6.45) is 14.1. The number of hydrogen-bond donors (Lipinski definition) is 1. The van der Waals surface area contributed by atoms with Crippen LogP contribution in [-0.2, 0) is 0 Å². The molecular weight excluding hydrogens is 236 g/mol. The van der Waals surface area contributed by atoms with Crippen LogP contribution in [0, 0.1) is 6.92 Å². The maximum atomic E-state index is 10.5. The molecule has 3 nitrogen and oxygen atoms in total. The van der Waals surface area contributed by atoms with Crippen molar-refractivity contribution in [3.05, 3.63) is 18.0 Å². The monoisotopic (exact) mass is 264 g/mol. The van der Waals surface area contributed by atoms with E-state index in [-0.39, 0.29) is 12.1 Å². The van der Waals surface area contributed by atoms with E-state index < -0.39 is 0 Å². The highest BCUT2D eigenvalue weighted by Gasteiger charge is 2.21. The predicted octanol–water partition coefficient (Wildman–Crippen LogP) is 4.01. The quantitative estimate of drug-likeness (QED) is 0.832. The first kappa shape index (κ1) is 14.6. The van der Waals surface area contributed by atoms with Crippen LogP contribution in [0.4, 0.5) is 0 Å². The Hall–Kier alpha value is -0.830. The second-order valence-electron chi connectivity index (χ2n) is 5.98. The van der Waals surface area contributed by atoms with Gasteiger partial charge in [-0.25, -0.2) is 0 Å². The van der Waals surface area contributed by atoms with Gasteiger partial charge in [0.1, 0.15) is 0 Å². The number of aryl methyl sites for hydroxylation is 1. The highest BCUT2D eigenvalue weighted by atomic mass is 16.3. The zero-order valence-corrected chi connectivity index (χ0v) is 12.2. The van der Waals surface area contributed by atoms with Crippen molar-refractivity contribution in [2.75, 3.05) is 0 Å². The molecule has 1 fully saturated rings. The lowest BCUT2D eigenvalue weighted by Gasteiger charge is -2.24. The van der Waals surface area contributed by atoms with Crippen molar-refractivity contribution in [1.29, 1.82) is 0 Å². The third kappa shape index (κ3) is 4.64. The molecule has 1 saturated carbocycles. The van der Waals surface area contributed by atoms with Crippen molar-refractivity contribution in [3.8, 4) is 0 Å². The molecule has 2 atom stereocenters. The van der Waals surface area contributed by atoms with Gasteiger partial charge in [-0.3, -0.25) is 4.68 Å². The lowest BCUT2D eigenvalue weighted by Crippen LogP contribution is -2.25. The minimum atomic E-state index is -0.237. The Bertz CT molecular complexity index is 361. The Labute approximate surface area is 117 Å². The molecule has 1 aromatic heterocycles. The van der Waals surface area contributed by atoms with Gasteiger partial charge in [-0.1, -0.05) is 51.4 Å². The molecular formula is C16H28N2O. The van der Waals surface area contributed by atoms with E-state index in [9.17, 15) is 5.11 Å². The number of aliphatic hydroxyl groups excluding tert-OH is 1. The van der Waals surface area contributed by atoms with E-state index >= 15 is 0 Å². The smallest absolute Gasteiger partial charge is 0.0778 e. The summed E-state index contributed by atoms with van der Waals surface area (Å²) in [7, 11) is 0. The summed E-state index contributed by atoms with van der Waals surface area (Å²) in [5, 5.41) is 15.0. The Kier molecular flexibility index (Phi) is 5.90. The first-order chi connectivity index (χ1) is 9.27. The fourth-order valence-corrected chi connectivity index (χ4v) is 3.08. The van der Waals surface area contributed by atoms with Crippen molar-refractivity contribution >= 4 is 0 Å². The number of nitrogens with zero attached hydrogens (tertiary/aromatic N) is 2. The molecule has 0 aromatic carbocycles. The highest BCUT2D eigenvalue weighted by molar-refractivity contribution is 4.96. The van der Waals surface area contributed by atoms with Gasteiger partial charge >= 0.3 is 0 Å². The molecule has 2 rings (SSSR count). The van der Waals surface area contributed by atoms with Crippen molar-refractivity contribution < 1.29 is 5.11 Å². The van der Waals surface area contributed by atoms with Crippen molar-refractivity contribution in [3.63, 3.8) is 0 Å². The number of aliphatic hydroxyl groups is 1. The maximum absolute atomic E-state index is 10.5. The van der Waals surface area contributed by atoms with Gasteiger partial charge in [-0.15, -0.1) is 0 Å². The SMILES string of the molecule is Cc1ccn(C2CCCCCCCCCCC2O)n1. The van der Waals surface area contributed by atoms with Crippen LogP contribution in [-0.4, -0.2) is 21.0 Å². The van der Waals surface area contributed by atoms with Crippen LogP contribution in [0.2, 0.25) is 0 Å². The lowest BCUT2D eigenvalue weighted by atomic mass is 9.96. The highest BCUT2D eigenvalue weighted by Crippen LogP contribution is 2.25. The molecule has 1 N–H and O–H groups in total. The Balaban J connectivity index is 1.98. The van der Waals surface area contributed by atoms with Gasteiger partial charge in [0.15, 0.2) is 0 Å². The first-order valence-electron chi connectivity index (χ1n) is 7.97. The van der Waals surface area contributed by atoms with Gasteiger partial charge in [-0.05, 0) is 25.8 Å². The van der Waals surface area contributed by atoms with Crippen LogP contribution in [0.1, 0.15) is 75.9 Å². The molecule has 0 saturated heterocycles. The van der Waals surface area contributed by atoms with Crippen molar-refractivity contribution in [1.82, 2.24) is 9.78 Å². The molecule has 1 aliphatic carbocycles. The van der Waals surface area contributed by atoms with Gasteiger partial charge in [-0.2, -0.15) is 5.10 Å². The molecule has 3 heteroatoms. The van der Waals surface area contributed by atoms with E-state index in [4.69, 9.17) is 0 Å². The number of aromatic nitrogens is 2. The summed E-state index contributed by atoms with van der Waals surface area (Å²) >= 11 is 0. The maximum Gasteiger partial charge on any atom is 0.0778 e. The molecule has 19 heavy (non-hydrogen) atoms. The normalized spacial score (nSPS) is 27.5. The van der Waals surface area contributed by atoms with Gasteiger partial charge in [0.25, 0.3) is 0 Å². The standard InChI is InChI=1S/C16H28N2O/c1-14-12-13-18(17-14)15-10-8-6-4-2-3-5-7-9-11-16(15)19/h12-13,15-16,19H,2-11H2,1H3. The average Bonchev–Trinajstić information content (AvgIpc) is 2.80. The molecule has 0 spiro atoms. The molecule has 0 aliphatic heterocycles. The third-order valence-corrected chi connectivity index (χ3v) is 4.28. The molecule has 1 aliphatic rings. The molecule has 0 amide bonds. The fraction of sp³-hybridized carbons (Fsp3) is 0.812. The summed E-state index contributed by atoms with van der Waals surface area (Å²) in [6, 6.07) is 2.20. The van der Waals surface area contributed by atoms with Gasteiger partial charge in [0.05, 0.1) is 17.8 Å². The average molecular weight is 264 g/mol. The van der Waals surface area contributed by atoms with E-state index in [2.05, 4.69) is 5.10 Å². The minimum absolute atomic E-state index is 0.174. The van der Waals surface area contributed by atoms with Crippen molar-refractivity contribution in [2.24, 2.45) is 0 Å². The molecule has 0 radical (unpaired) electrons. The summed E-state index contributed by atoms with van der Waals surface area (Å²) in [5.41, 5.74) is 1.04. The van der Waals surface area contributed by atoms with E-state index in [0.29, 0.717) is 0 Å².